The predicted molar refractivity (Wildman–Crippen MR) is 73.9 cm³/mol. The van der Waals surface area contributed by atoms with E-state index in [0.717, 1.165) is 0 Å². The second-order valence-electron chi connectivity index (χ2n) is 3.96. The molecule has 0 amide bonds. The molecule has 8 heteroatoms. The molecule has 0 fully saturated rings. The van der Waals surface area contributed by atoms with Gasteiger partial charge in [0.2, 0.25) is 0 Å². The van der Waals surface area contributed by atoms with Crippen LogP contribution in [0.15, 0.2) is 18.2 Å². The Morgan fingerprint density at radius 2 is 2.16 bits per heavy atom. The van der Waals surface area contributed by atoms with Crippen LogP contribution in [0.2, 0.25) is 5.02 Å². The zero-order valence-corrected chi connectivity index (χ0v) is 11.9. The Balaban J connectivity index is 0.00000324. The van der Waals surface area contributed by atoms with E-state index in [1.54, 1.807) is 13.1 Å². The van der Waals surface area contributed by atoms with Gasteiger partial charge in [0, 0.05) is 23.2 Å². The summed E-state index contributed by atoms with van der Waals surface area (Å²) < 4.78 is 0. The summed E-state index contributed by atoms with van der Waals surface area (Å²) in [6, 6.07) is 3.62. The van der Waals surface area contributed by atoms with Gasteiger partial charge in [-0.15, -0.1) is 12.4 Å². The molecule has 0 spiro atoms. The smallest absolute Gasteiger partial charge is 0.320 e. The first kappa shape index (κ1) is 17.6. The monoisotopic (exact) mass is 308 g/mol. The Morgan fingerprint density at radius 1 is 1.58 bits per heavy atom. The topological polar surface area (TPSA) is 83.7 Å². The highest BCUT2D eigenvalue weighted by Crippen LogP contribution is 2.24. The summed E-state index contributed by atoms with van der Waals surface area (Å²) in [6.07, 6.45) is 0. The summed E-state index contributed by atoms with van der Waals surface area (Å²) in [5.41, 5.74) is 0.326. The van der Waals surface area contributed by atoms with Crippen molar-refractivity contribution in [1.82, 2.24) is 4.90 Å². The van der Waals surface area contributed by atoms with Crippen molar-refractivity contribution in [3.63, 3.8) is 0 Å². The van der Waals surface area contributed by atoms with Gasteiger partial charge in [-0.3, -0.25) is 19.8 Å². The first-order chi connectivity index (χ1) is 8.32. The van der Waals surface area contributed by atoms with Gasteiger partial charge in [0.25, 0.3) is 5.69 Å². The molecule has 0 bridgehead atoms. The number of likely N-dealkylation sites (N-methyl/N-ethyl adjacent to an activating group) is 1. The molecule has 0 saturated heterocycles. The maximum absolute atomic E-state index is 10.9. The molecule has 0 aromatic heterocycles. The SMILES string of the molecule is CC(C(=O)O)N(C)Cc1ccc(Cl)cc1[N+](=O)[O-].Cl. The van der Waals surface area contributed by atoms with Crippen LogP contribution in [0.4, 0.5) is 5.69 Å². The Hall–Kier alpha value is -1.37. The number of carboxylic acid groups (broad SMARTS) is 1. The van der Waals surface area contributed by atoms with E-state index in [1.165, 1.54) is 24.0 Å². The lowest BCUT2D eigenvalue weighted by molar-refractivity contribution is -0.385. The molecule has 1 unspecified atom stereocenters. The van der Waals surface area contributed by atoms with Crippen LogP contribution in [0.1, 0.15) is 12.5 Å². The lowest BCUT2D eigenvalue weighted by Gasteiger charge is -2.20. The Bertz CT molecular complexity index is 482. The molecule has 106 valence electrons. The number of hydrogen-bond donors (Lipinski definition) is 1. The quantitative estimate of drug-likeness (QED) is 0.667. The second-order valence-corrected chi connectivity index (χ2v) is 4.40. The third-order valence-corrected chi connectivity index (χ3v) is 2.92. The maximum Gasteiger partial charge on any atom is 0.320 e. The van der Waals surface area contributed by atoms with Crippen LogP contribution in [0.3, 0.4) is 0 Å². The molecule has 19 heavy (non-hydrogen) atoms. The minimum atomic E-state index is -0.978. The van der Waals surface area contributed by atoms with Crippen LogP contribution < -0.4 is 0 Å². The predicted octanol–water partition coefficient (Wildman–Crippen LogP) is 2.57. The number of carbonyl (C=O) groups is 1. The number of rotatable bonds is 5. The largest absolute Gasteiger partial charge is 0.480 e. The highest BCUT2D eigenvalue weighted by atomic mass is 35.5. The molecule has 0 radical (unpaired) electrons. The fourth-order valence-corrected chi connectivity index (χ4v) is 1.60. The molecule has 0 aliphatic rings. The first-order valence-electron chi connectivity index (χ1n) is 5.18. The van der Waals surface area contributed by atoms with E-state index in [2.05, 4.69) is 0 Å². The van der Waals surface area contributed by atoms with E-state index in [0.29, 0.717) is 5.56 Å². The Labute approximate surface area is 121 Å². The molecule has 1 aromatic carbocycles. The average Bonchev–Trinajstić information content (AvgIpc) is 2.29. The molecule has 1 N–H and O–H groups in total. The van der Waals surface area contributed by atoms with Crippen molar-refractivity contribution < 1.29 is 14.8 Å². The van der Waals surface area contributed by atoms with E-state index in [1.807, 2.05) is 0 Å². The summed E-state index contributed by atoms with van der Waals surface area (Å²) in [6.45, 7) is 1.69. The van der Waals surface area contributed by atoms with Crippen LogP contribution >= 0.6 is 24.0 Å². The van der Waals surface area contributed by atoms with E-state index in [9.17, 15) is 14.9 Å². The number of carboxylic acids is 1. The van der Waals surface area contributed by atoms with Crippen molar-refractivity contribution in [2.24, 2.45) is 0 Å². The molecule has 6 nitrogen and oxygen atoms in total. The number of aliphatic carboxylic acids is 1. The number of benzene rings is 1. The standard InChI is InChI=1S/C11H13ClN2O4.ClH/c1-7(11(15)16)13(2)6-8-3-4-9(12)5-10(8)14(17)18;/h3-5,7H,6H2,1-2H3,(H,15,16);1H. The highest BCUT2D eigenvalue weighted by Gasteiger charge is 2.21. The fourth-order valence-electron chi connectivity index (χ4n) is 1.43. The molecule has 1 atom stereocenters. The van der Waals surface area contributed by atoms with Gasteiger partial charge in [-0.25, -0.2) is 0 Å². The Morgan fingerprint density at radius 3 is 2.63 bits per heavy atom. The number of nitro groups is 1. The van der Waals surface area contributed by atoms with Crippen molar-refractivity contribution in [3.8, 4) is 0 Å². The molecule has 0 aliphatic carbocycles. The molecule has 0 aliphatic heterocycles. The molecular weight excluding hydrogens is 295 g/mol. The van der Waals surface area contributed by atoms with E-state index in [4.69, 9.17) is 16.7 Å². The van der Waals surface area contributed by atoms with Gasteiger partial charge in [-0.1, -0.05) is 11.6 Å². The molecule has 0 heterocycles. The number of nitrogens with zero attached hydrogens (tertiary/aromatic N) is 2. The minimum Gasteiger partial charge on any atom is -0.480 e. The van der Waals surface area contributed by atoms with Gasteiger partial charge < -0.3 is 5.11 Å². The highest BCUT2D eigenvalue weighted by molar-refractivity contribution is 6.30. The molecular formula is C11H14Cl2N2O4. The zero-order chi connectivity index (χ0) is 13.9. The van der Waals surface area contributed by atoms with Crippen molar-refractivity contribution in [3.05, 3.63) is 38.9 Å². The summed E-state index contributed by atoms with van der Waals surface area (Å²) >= 11 is 5.70. The van der Waals surface area contributed by atoms with E-state index < -0.39 is 16.9 Å². The van der Waals surface area contributed by atoms with Crippen molar-refractivity contribution in [1.29, 1.82) is 0 Å². The average molecular weight is 309 g/mol. The van der Waals surface area contributed by atoms with E-state index in [-0.39, 0.29) is 29.7 Å². The van der Waals surface area contributed by atoms with Crippen LogP contribution in [0.25, 0.3) is 0 Å². The van der Waals surface area contributed by atoms with E-state index >= 15 is 0 Å². The van der Waals surface area contributed by atoms with Crippen LogP contribution in [-0.4, -0.2) is 34.0 Å². The minimum absolute atomic E-state index is 0. The third-order valence-electron chi connectivity index (χ3n) is 2.68. The van der Waals surface area contributed by atoms with Gasteiger partial charge >= 0.3 is 5.97 Å². The van der Waals surface area contributed by atoms with Crippen molar-refractivity contribution >= 4 is 35.7 Å². The summed E-state index contributed by atoms with van der Waals surface area (Å²) in [4.78, 5) is 22.7. The van der Waals surface area contributed by atoms with Crippen LogP contribution in [-0.2, 0) is 11.3 Å². The zero-order valence-electron chi connectivity index (χ0n) is 10.4. The Kier molecular flexibility index (Phi) is 6.75. The van der Waals surface area contributed by atoms with Gasteiger partial charge in [-0.05, 0) is 26.1 Å². The van der Waals surface area contributed by atoms with Crippen molar-refractivity contribution in [2.75, 3.05) is 7.05 Å². The van der Waals surface area contributed by atoms with Crippen molar-refractivity contribution in [2.45, 2.75) is 19.5 Å². The summed E-state index contributed by atoms with van der Waals surface area (Å²) in [5.74, 6) is -0.978. The van der Waals surface area contributed by atoms with Crippen LogP contribution in [0.5, 0.6) is 0 Å². The number of halogens is 2. The first-order valence-corrected chi connectivity index (χ1v) is 5.56. The van der Waals surface area contributed by atoms with Crippen LogP contribution in [0, 0.1) is 10.1 Å². The van der Waals surface area contributed by atoms with Gasteiger partial charge in [0.15, 0.2) is 0 Å². The fraction of sp³-hybridized carbons (Fsp3) is 0.364. The van der Waals surface area contributed by atoms with Gasteiger partial charge in [0.1, 0.15) is 6.04 Å². The summed E-state index contributed by atoms with van der Waals surface area (Å²) in [7, 11) is 1.59. The van der Waals surface area contributed by atoms with Gasteiger partial charge in [-0.2, -0.15) is 0 Å². The molecule has 0 saturated carbocycles. The lowest BCUT2D eigenvalue weighted by atomic mass is 10.1. The third kappa shape index (κ3) is 4.66. The molecule has 1 aromatic rings. The molecule has 1 rings (SSSR count). The number of nitro benzene ring substituents is 1. The summed E-state index contributed by atoms with van der Waals surface area (Å²) in [5, 5.41) is 20.0. The lowest BCUT2D eigenvalue weighted by Crippen LogP contribution is -2.35. The second kappa shape index (κ2) is 7.28. The van der Waals surface area contributed by atoms with Gasteiger partial charge in [0.05, 0.1) is 4.92 Å². The maximum atomic E-state index is 10.9. The number of hydrogen-bond acceptors (Lipinski definition) is 4. The normalized spacial score (nSPS) is 11.8.